The number of amides is 3. The van der Waals surface area contributed by atoms with E-state index >= 15 is 0 Å². The maximum atomic E-state index is 14.1. The molecule has 2 aromatic rings. The van der Waals surface area contributed by atoms with Crippen molar-refractivity contribution in [2.75, 3.05) is 25.0 Å². The number of hydrogen-bond donors (Lipinski definition) is 1. The van der Waals surface area contributed by atoms with Gasteiger partial charge in [-0.3, -0.25) is 4.79 Å². The smallest absolute Gasteiger partial charge is 0.322 e. The van der Waals surface area contributed by atoms with E-state index in [-0.39, 0.29) is 24.8 Å². The van der Waals surface area contributed by atoms with Gasteiger partial charge in [-0.15, -0.1) is 0 Å². The minimum Gasteiger partial charge on any atom is -0.332 e. The Morgan fingerprint density at radius 1 is 1.04 bits per heavy atom. The van der Waals surface area contributed by atoms with Crippen LogP contribution in [-0.4, -0.2) is 41.4 Å². The molecule has 140 valence electrons. The Morgan fingerprint density at radius 3 is 2.44 bits per heavy atom. The molecule has 3 amide bonds. The van der Waals surface area contributed by atoms with Crippen LogP contribution in [0.5, 0.6) is 0 Å². The number of piperazine rings is 1. The summed E-state index contributed by atoms with van der Waals surface area (Å²) in [5, 5.41) is 2.19. The summed E-state index contributed by atoms with van der Waals surface area (Å²) in [5.41, 5.74) is 0.630. The number of halogens is 3. The summed E-state index contributed by atoms with van der Waals surface area (Å²) in [4.78, 5) is 27.8. The van der Waals surface area contributed by atoms with Crippen LogP contribution in [0.1, 0.15) is 17.2 Å². The number of anilines is 1. The molecule has 1 N–H and O–H groups in total. The number of benzene rings is 2. The summed E-state index contributed by atoms with van der Waals surface area (Å²) in [6, 6.07) is 6.65. The van der Waals surface area contributed by atoms with Crippen molar-refractivity contribution in [3.63, 3.8) is 0 Å². The lowest BCUT2D eigenvalue weighted by Crippen LogP contribution is -2.56. The summed E-state index contributed by atoms with van der Waals surface area (Å²) in [7, 11) is 0. The first-order valence-corrected chi connectivity index (χ1v) is 8.52. The van der Waals surface area contributed by atoms with Crippen LogP contribution < -0.4 is 5.32 Å². The van der Waals surface area contributed by atoms with Gasteiger partial charge < -0.3 is 15.1 Å². The third-order valence-electron chi connectivity index (χ3n) is 5.01. The molecular formula is C19H16F3N3O2. The van der Waals surface area contributed by atoms with Crippen molar-refractivity contribution in [1.82, 2.24) is 9.80 Å². The molecule has 4 rings (SSSR count). The fourth-order valence-electron chi connectivity index (χ4n) is 3.69. The van der Waals surface area contributed by atoms with Gasteiger partial charge in [0.2, 0.25) is 5.91 Å². The summed E-state index contributed by atoms with van der Waals surface area (Å²) in [6.45, 7) is 0.280. The van der Waals surface area contributed by atoms with Gasteiger partial charge in [-0.25, -0.2) is 18.0 Å². The lowest BCUT2D eigenvalue weighted by atomic mass is 9.90. The van der Waals surface area contributed by atoms with E-state index in [0.717, 1.165) is 12.1 Å². The SMILES string of the molecule is O=C(Nc1c(F)cccc1F)N1CC(=O)N2CCc3c(F)cccc3C2C1. The Bertz CT molecular complexity index is 914. The molecule has 2 aliphatic heterocycles. The van der Waals surface area contributed by atoms with Crippen molar-refractivity contribution in [2.45, 2.75) is 12.5 Å². The Balaban J connectivity index is 1.59. The summed E-state index contributed by atoms with van der Waals surface area (Å²) >= 11 is 0. The topological polar surface area (TPSA) is 52.7 Å². The minimum atomic E-state index is -0.904. The summed E-state index contributed by atoms with van der Waals surface area (Å²) in [5.74, 6) is -2.43. The molecule has 0 bridgehead atoms. The Hall–Kier alpha value is -3.03. The molecule has 2 aromatic carbocycles. The maximum absolute atomic E-state index is 14.1. The van der Waals surface area contributed by atoms with Crippen LogP contribution in [-0.2, 0) is 11.2 Å². The molecule has 27 heavy (non-hydrogen) atoms. The van der Waals surface area contributed by atoms with Gasteiger partial charge in [0.1, 0.15) is 29.7 Å². The highest BCUT2D eigenvalue weighted by Crippen LogP contribution is 2.34. The second-order valence-electron chi connectivity index (χ2n) is 6.57. The predicted octanol–water partition coefficient (Wildman–Crippen LogP) is 3.08. The zero-order valence-electron chi connectivity index (χ0n) is 14.2. The average Bonchev–Trinajstić information content (AvgIpc) is 2.65. The molecule has 0 aromatic heterocycles. The Morgan fingerprint density at radius 2 is 1.70 bits per heavy atom. The van der Waals surface area contributed by atoms with E-state index in [4.69, 9.17) is 0 Å². The van der Waals surface area contributed by atoms with Crippen molar-refractivity contribution in [3.8, 4) is 0 Å². The van der Waals surface area contributed by atoms with Gasteiger partial charge in [0.25, 0.3) is 0 Å². The molecular weight excluding hydrogens is 359 g/mol. The average molecular weight is 375 g/mol. The van der Waals surface area contributed by atoms with Crippen LogP contribution in [0, 0.1) is 17.5 Å². The number of carbonyl (C=O) groups excluding carboxylic acids is 2. The summed E-state index contributed by atoms with van der Waals surface area (Å²) < 4.78 is 41.6. The molecule has 0 aliphatic carbocycles. The molecule has 1 unspecified atom stereocenters. The number of rotatable bonds is 1. The van der Waals surface area contributed by atoms with Crippen molar-refractivity contribution < 1.29 is 22.8 Å². The van der Waals surface area contributed by atoms with Gasteiger partial charge in [0.15, 0.2) is 0 Å². The van der Waals surface area contributed by atoms with Crippen LogP contribution >= 0.6 is 0 Å². The second kappa shape index (κ2) is 6.61. The van der Waals surface area contributed by atoms with E-state index in [1.165, 1.54) is 17.0 Å². The fraction of sp³-hybridized carbons (Fsp3) is 0.263. The van der Waals surface area contributed by atoms with Crippen LogP contribution in [0.3, 0.4) is 0 Å². The van der Waals surface area contributed by atoms with E-state index in [9.17, 15) is 22.8 Å². The molecule has 1 fully saturated rings. The van der Waals surface area contributed by atoms with E-state index in [2.05, 4.69) is 5.32 Å². The number of fused-ring (bicyclic) bond motifs is 3. The van der Waals surface area contributed by atoms with Crippen molar-refractivity contribution in [2.24, 2.45) is 0 Å². The lowest BCUT2D eigenvalue weighted by Gasteiger charge is -2.44. The van der Waals surface area contributed by atoms with Crippen LogP contribution in [0.4, 0.5) is 23.7 Å². The fourth-order valence-corrected chi connectivity index (χ4v) is 3.69. The Kier molecular flexibility index (Phi) is 4.25. The van der Waals surface area contributed by atoms with Crippen LogP contribution in [0.15, 0.2) is 36.4 Å². The van der Waals surface area contributed by atoms with Gasteiger partial charge in [0.05, 0.1) is 6.04 Å². The van der Waals surface area contributed by atoms with Crippen molar-refractivity contribution >= 4 is 17.6 Å². The van der Waals surface area contributed by atoms with Gasteiger partial charge in [-0.1, -0.05) is 18.2 Å². The first-order chi connectivity index (χ1) is 13.0. The number of nitrogens with one attached hydrogen (secondary N) is 1. The van der Waals surface area contributed by atoms with Gasteiger partial charge in [-0.05, 0) is 35.7 Å². The second-order valence-corrected chi connectivity index (χ2v) is 6.57. The third-order valence-corrected chi connectivity index (χ3v) is 5.01. The van der Waals surface area contributed by atoms with E-state index < -0.39 is 29.4 Å². The standard InChI is InChI=1S/C19H16F3N3O2/c20-13-4-1-3-12-11(13)7-8-25-16(12)9-24(10-17(25)26)19(27)23-18-14(21)5-2-6-15(18)22/h1-6,16H,7-10H2,(H,23,27). The zero-order valence-corrected chi connectivity index (χ0v) is 14.2. The number of hydrogen-bond acceptors (Lipinski definition) is 2. The number of para-hydroxylation sites is 1. The molecule has 2 aliphatic rings. The predicted molar refractivity (Wildman–Crippen MR) is 91.5 cm³/mol. The monoisotopic (exact) mass is 375 g/mol. The molecule has 2 heterocycles. The van der Waals surface area contributed by atoms with E-state index in [1.807, 2.05) is 0 Å². The van der Waals surface area contributed by atoms with Crippen LogP contribution in [0.2, 0.25) is 0 Å². The van der Waals surface area contributed by atoms with Crippen molar-refractivity contribution in [1.29, 1.82) is 0 Å². The molecule has 0 saturated carbocycles. The summed E-state index contributed by atoms with van der Waals surface area (Å²) in [6.07, 6.45) is 0.414. The van der Waals surface area contributed by atoms with Crippen molar-refractivity contribution in [3.05, 3.63) is 65.0 Å². The van der Waals surface area contributed by atoms with Gasteiger partial charge in [0, 0.05) is 13.1 Å². The van der Waals surface area contributed by atoms with Crippen LogP contribution in [0.25, 0.3) is 0 Å². The van der Waals surface area contributed by atoms with Gasteiger partial charge >= 0.3 is 6.03 Å². The molecule has 1 saturated heterocycles. The van der Waals surface area contributed by atoms with E-state index in [1.54, 1.807) is 17.0 Å². The number of carbonyl (C=O) groups is 2. The number of nitrogens with zero attached hydrogens (tertiary/aromatic N) is 2. The third kappa shape index (κ3) is 3.01. The molecule has 5 nitrogen and oxygen atoms in total. The molecule has 8 heteroatoms. The number of urea groups is 1. The lowest BCUT2D eigenvalue weighted by molar-refractivity contribution is -0.139. The normalized spacial score (nSPS) is 18.8. The first kappa shape index (κ1) is 17.4. The highest BCUT2D eigenvalue weighted by molar-refractivity contribution is 5.93. The zero-order chi connectivity index (χ0) is 19.1. The molecule has 0 spiro atoms. The highest BCUT2D eigenvalue weighted by atomic mass is 19.1. The van der Waals surface area contributed by atoms with E-state index in [0.29, 0.717) is 24.1 Å². The van der Waals surface area contributed by atoms with Gasteiger partial charge in [-0.2, -0.15) is 0 Å². The highest BCUT2D eigenvalue weighted by Gasteiger charge is 2.39. The maximum Gasteiger partial charge on any atom is 0.322 e. The first-order valence-electron chi connectivity index (χ1n) is 8.52. The largest absolute Gasteiger partial charge is 0.332 e. The molecule has 0 radical (unpaired) electrons. The molecule has 1 atom stereocenters. The Labute approximate surface area is 153 Å². The minimum absolute atomic E-state index is 0.115. The quantitative estimate of drug-likeness (QED) is 0.833.